The van der Waals surface area contributed by atoms with Gasteiger partial charge in [-0.25, -0.2) is 13.6 Å². The summed E-state index contributed by atoms with van der Waals surface area (Å²) in [5, 5.41) is 2.10. The molecule has 15 heteroatoms. The third kappa shape index (κ3) is 4.81. The number of alkyl halides is 8. The maximum Gasteiger partial charge on any atom is 0.411 e. The summed E-state index contributed by atoms with van der Waals surface area (Å²) in [6.45, 7) is -2.83. The third-order valence-corrected chi connectivity index (χ3v) is 4.40. The van der Waals surface area contributed by atoms with Crippen molar-refractivity contribution in [2.75, 3.05) is 19.0 Å². The van der Waals surface area contributed by atoms with Gasteiger partial charge < -0.3 is 4.74 Å². The molecule has 0 aliphatic rings. The molecule has 0 aliphatic carbocycles. The minimum atomic E-state index is -6.60. The number of hydrogen-bond acceptors (Lipinski definition) is 5. The monoisotopic (exact) mass is 445 g/mol. The van der Waals surface area contributed by atoms with Crippen LogP contribution in [0.15, 0.2) is 29.2 Å². The highest BCUT2D eigenvalue weighted by atomic mass is 32.2. The summed E-state index contributed by atoms with van der Waals surface area (Å²) in [7, 11) is -4.14. The minimum Gasteiger partial charge on any atom is -0.453 e. The van der Waals surface area contributed by atoms with Crippen LogP contribution in [0.1, 0.15) is 0 Å². The van der Waals surface area contributed by atoms with E-state index in [-0.39, 0.29) is 5.69 Å². The number of anilines is 1. The summed E-state index contributed by atoms with van der Waals surface area (Å²) >= 11 is 0. The van der Waals surface area contributed by atoms with Crippen LogP contribution in [-0.2, 0) is 19.0 Å². The number of hydrogen-bond donors (Lipinski definition) is 1. The van der Waals surface area contributed by atoms with Crippen LogP contribution in [0.4, 0.5) is 45.6 Å². The number of methoxy groups -OCH3 is 1. The van der Waals surface area contributed by atoms with Crippen molar-refractivity contribution in [3.63, 3.8) is 0 Å². The van der Waals surface area contributed by atoms with Crippen molar-refractivity contribution < 1.29 is 57.3 Å². The Labute approximate surface area is 152 Å². The molecule has 1 amide bonds. The first-order valence-electron chi connectivity index (χ1n) is 6.84. The first kappa shape index (κ1) is 23.9. The molecule has 0 saturated carbocycles. The fourth-order valence-corrected chi connectivity index (χ4v) is 2.47. The standard InChI is InChI=1S/C13H11F8NO5S/c1-26-10(23)22-7-2-4-8(5-3-7)28(24,25)27-6-11(16,17)13(20,21)12(18,19)9(14)15/h2-5,9H,6H2,1H3,(H,22,23). The largest absolute Gasteiger partial charge is 0.453 e. The second-order valence-electron chi connectivity index (χ2n) is 5.06. The van der Waals surface area contributed by atoms with Crippen LogP contribution < -0.4 is 5.32 Å². The van der Waals surface area contributed by atoms with Gasteiger partial charge in [-0.2, -0.15) is 34.8 Å². The number of carbonyl (C=O) groups excluding carboxylic acids is 1. The minimum absolute atomic E-state index is 0.0146. The van der Waals surface area contributed by atoms with Crippen molar-refractivity contribution in [1.29, 1.82) is 0 Å². The van der Waals surface area contributed by atoms with Crippen LogP contribution in [0.25, 0.3) is 0 Å². The molecule has 0 aliphatic heterocycles. The van der Waals surface area contributed by atoms with Gasteiger partial charge in [0.15, 0.2) is 0 Å². The van der Waals surface area contributed by atoms with Crippen molar-refractivity contribution in [1.82, 2.24) is 0 Å². The van der Waals surface area contributed by atoms with Gasteiger partial charge >= 0.3 is 30.3 Å². The van der Waals surface area contributed by atoms with Gasteiger partial charge in [0.2, 0.25) is 0 Å². The molecular formula is C13H11F8NO5S. The number of ether oxygens (including phenoxy) is 1. The van der Waals surface area contributed by atoms with Crippen molar-refractivity contribution in [2.45, 2.75) is 29.1 Å². The van der Waals surface area contributed by atoms with Crippen LogP contribution in [0, 0.1) is 0 Å². The number of halogens is 8. The lowest BCUT2D eigenvalue weighted by Gasteiger charge is -2.31. The van der Waals surface area contributed by atoms with E-state index in [0.717, 1.165) is 19.2 Å². The fraction of sp³-hybridized carbons (Fsp3) is 0.462. The molecule has 0 fully saturated rings. The van der Waals surface area contributed by atoms with Crippen LogP contribution >= 0.6 is 0 Å². The van der Waals surface area contributed by atoms with Gasteiger partial charge in [-0.05, 0) is 24.3 Å². The number of carbonyl (C=O) groups is 1. The lowest BCUT2D eigenvalue weighted by Crippen LogP contribution is -2.59. The summed E-state index contributed by atoms with van der Waals surface area (Å²) in [6.07, 6.45) is -6.08. The zero-order valence-corrected chi connectivity index (χ0v) is 14.4. The zero-order chi connectivity index (χ0) is 22.0. The van der Waals surface area contributed by atoms with E-state index in [4.69, 9.17) is 0 Å². The Morgan fingerprint density at radius 3 is 2.00 bits per heavy atom. The predicted molar refractivity (Wildman–Crippen MR) is 76.5 cm³/mol. The maximum atomic E-state index is 13.3. The topological polar surface area (TPSA) is 81.7 Å². The average Bonchev–Trinajstić information content (AvgIpc) is 2.60. The zero-order valence-electron chi connectivity index (χ0n) is 13.6. The average molecular weight is 445 g/mol. The van der Waals surface area contributed by atoms with Crippen LogP contribution in [0.3, 0.4) is 0 Å². The van der Waals surface area contributed by atoms with E-state index in [0.29, 0.717) is 12.1 Å². The molecular weight excluding hydrogens is 434 g/mol. The normalized spacial score (nSPS) is 13.5. The Kier molecular flexibility index (Phi) is 6.88. The van der Waals surface area contributed by atoms with Crippen molar-refractivity contribution in [2.24, 2.45) is 0 Å². The Bertz CT molecular complexity index is 798. The first-order valence-corrected chi connectivity index (χ1v) is 8.25. The molecule has 1 aromatic carbocycles. The quantitative estimate of drug-likeness (QED) is 0.487. The van der Waals surface area contributed by atoms with E-state index in [2.05, 4.69) is 14.2 Å². The lowest BCUT2D eigenvalue weighted by molar-refractivity contribution is -0.342. The second kappa shape index (κ2) is 8.06. The Morgan fingerprint density at radius 2 is 1.57 bits per heavy atom. The number of rotatable bonds is 8. The molecule has 0 aromatic heterocycles. The van der Waals surface area contributed by atoms with Gasteiger partial charge in [-0.15, -0.1) is 0 Å². The molecule has 0 heterocycles. The molecule has 0 spiro atoms. The highest BCUT2D eigenvalue weighted by molar-refractivity contribution is 7.86. The summed E-state index contributed by atoms with van der Waals surface area (Å²) in [4.78, 5) is 10.1. The first-order chi connectivity index (χ1) is 12.6. The van der Waals surface area contributed by atoms with Crippen LogP contribution in [-0.4, -0.2) is 52.4 Å². The van der Waals surface area contributed by atoms with Crippen molar-refractivity contribution in [3.8, 4) is 0 Å². The van der Waals surface area contributed by atoms with Crippen LogP contribution in [0.2, 0.25) is 0 Å². The molecule has 0 radical (unpaired) electrons. The van der Waals surface area contributed by atoms with Gasteiger partial charge in [0.05, 0.1) is 12.0 Å². The fourth-order valence-electron chi connectivity index (χ4n) is 1.56. The second-order valence-corrected chi connectivity index (χ2v) is 6.68. The SMILES string of the molecule is COC(=O)Nc1ccc(S(=O)(=O)OCC(F)(F)C(F)(F)C(F)(F)C(F)F)cc1. The lowest BCUT2D eigenvalue weighted by atomic mass is 10.1. The van der Waals surface area contributed by atoms with Crippen molar-refractivity contribution >= 4 is 21.9 Å². The van der Waals surface area contributed by atoms with E-state index in [1.54, 1.807) is 0 Å². The maximum absolute atomic E-state index is 13.3. The Hall–Kier alpha value is -2.16. The number of amides is 1. The smallest absolute Gasteiger partial charge is 0.411 e. The Morgan fingerprint density at radius 1 is 1.07 bits per heavy atom. The van der Waals surface area contributed by atoms with Crippen molar-refractivity contribution in [3.05, 3.63) is 24.3 Å². The Balaban J connectivity index is 2.96. The van der Waals surface area contributed by atoms with E-state index >= 15 is 0 Å². The van der Waals surface area contributed by atoms with Gasteiger partial charge in [0, 0.05) is 5.69 Å². The van der Waals surface area contributed by atoms with E-state index in [1.165, 1.54) is 0 Å². The molecule has 0 bridgehead atoms. The molecule has 1 N–H and O–H groups in total. The van der Waals surface area contributed by atoms with Gasteiger partial charge in [0.1, 0.15) is 6.61 Å². The summed E-state index contributed by atoms with van der Waals surface area (Å²) in [5.74, 6) is -19.0. The summed E-state index contributed by atoms with van der Waals surface area (Å²) in [6, 6.07) is 3.27. The van der Waals surface area contributed by atoms with Gasteiger partial charge in [0.25, 0.3) is 10.1 Å². The number of benzene rings is 1. The molecule has 160 valence electrons. The molecule has 1 aromatic rings. The van der Waals surface area contributed by atoms with Crippen LogP contribution in [0.5, 0.6) is 0 Å². The molecule has 0 atom stereocenters. The van der Waals surface area contributed by atoms with Gasteiger partial charge in [-0.1, -0.05) is 0 Å². The molecule has 1 rings (SSSR count). The summed E-state index contributed by atoms with van der Waals surface area (Å²) in [5.41, 5.74) is -0.0146. The highest BCUT2D eigenvalue weighted by Gasteiger charge is 2.75. The van der Waals surface area contributed by atoms with E-state index in [9.17, 15) is 48.3 Å². The van der Waals surface area contributed by atoms with Gasteiger partial charge in [-0.3, -0.25) is 9.50 Å². The molecule has 0 saturated heterocycles. The number of nitrogens with one attached hydrogen (secondary N) is 1. The van der Waals surface area contributed by atoms with E-state index < -0.39 is 51.9 Å². The van der Waals surface area contributed by atoms with E-state index in [1.807, 2.05) is 0 Å². The summed E-state index contributed by atoms with van der Waals surface area (Å²) < 4.78 is 134. The molecule has 28 heavy (non-hydrogen) atoms. The molecule has 6 nitrogen and oxygen atoms in total. The highest BCUT2D eigenvalue weighted by Crippen LogP contribution is 2.48. The third-order valence-electron chi connectivity index (χ3n) is 3.12. The predicted octanol–water partition coefficient (Wildman–Crippen LogP) is 3.74. The molecule has 0 unspecified atom stereocenters.